The summed E-state index contributed by atoms with van der Waals surface area (Å²) < 4.78 is 25.3. The van der Waals surface area contributed by atoms with Crippen molar-refractivity contribution >= 4 is 29.2 Å². The molecule has 2 aromatic rings. The monoisotopic (exact) mass is 526 g/mol. The standard InChI is InChI=1S/C28H35FN4O5/c1-17-14-33(26(34)19-8-9-19)18(2)16-38-24-11-10-22(13-23(24)27(35)32(3)15-25(17)37-4)31-28(36)30-21-7-5-6-20(29)12-21/h5-7,10-13,17-19,25H,8-9,14-16H2,1-4H3,(H2,30,31,36)/t17-,18+,25+/m0/s1. The second-order valence-corrected chi connectivity index (χ2v) is 10.2. The summed E-state index contributed by atoms with van der Waals surface area (Å²) in [5.41, 5.74) is 0.934. The lowest BCUT2D eigenvalue weighted by atomic mass is 10.0. The van der Waals surface area contributed by atoms with Crippen molar-refractivity contribution in [2.24, 2.45) is 11.8 Å². The van der Waals surface area contributed by atoms with Crippen molar-refractivity contribution < 1.29 is 28.2 Å². The number of methoxy groups -OCH3 is 1. The molecule has 0 radical (unpaired) electrons. The van der Waals surface area contributed by atoms with E-state index in [2.05, 4.69) is 10.6 Å². The maximum absolute atomic E-state index is 13.5. The average molecular weight is 527 g/mol. The summed E-state index contributed by atoms with van der Waals surface area (Å²) in [6, 6.07) is 9.56. The summed E-state index contributed by atoms with van der Waals surface area (Å²) in [5, 5.41) is 5.25. The van der Waals surface area contributed by atoms with E-state index < -0.39 is 11.8 Å². The lowest BCUT2D eigenvalue weighted by molar-refractivity contribution is -0.136. The van der Waals surface area contributed by atoms with Gasteiger partial charge in [0.15, 0.2) is 0 Å². The van der Waals surface area contributed by atoms with Gasteiger partial charge in [0.05, 0.1) is 17.7 Å². The van der Waals surface area contributed by atoms with Crippen LogP contribution in [0.3, 0.4) is 0 Å². The molecule has 2 aromatic carbocycles. The molecule has 0 unspecified atom stereocenters. The van der Waals surface area contributed by atoms with Gasteiger partial charge in [-0.1, -0.05) is 13.0 Å². The molecule has 1 heterocycles. The van der Waals surface area contributed by atoms with Crippen molar-refractivity contribution in [3.63, 3.8) is 0 Å². The molecule has 3 atom stereocenters. The van der Waals surface area contributed by atoms with E-state index in [1.54, 1.807) is 43.3 Å². The van der Waals surface area contributed by atoms with Crippen molar-refractivity contribution in [2.75, 3.05) is 44.5 Å². The third kappa shape index (κ3) is 6.61. The fourth-order valence-corrected chi connectivity index (χ4v) is 4.59. The molecule has 0 saturated heterocycles. The number of amides is 4. The van der Waals surface area contributed by atoms with Crippen LogP contribution in [0.2, 0.25) is 0 Å². The van der Waals surface area contributed by atoms with Crippen molar-refractivity contribution in [1.29, 1.82) is 0 Å². The molecule has 4 amide bonds. The van der Waals surface area contributed by atoms with Crippen LogP contribution in [-0.2, 0) is 9.53 Å². The third-order valence-electron chi connectivity index (χ3n) is 6.99. The first-order valence-electron chi connectivity index (χ1n) is 12.9. The highest BCUT2D eigenvalue weighted by atomic mass is 19.1. The molecule has 1 fully saturated rings. The minimum atomic E-state index is -0.582. The molecule has 1 aliphatic carbocycles. The molecule has 10 heteroatoms. The topological polar surface area (TPSA) is 100 Å². The summed E-state index contributed by atoms with van der Waals surface area (Å²) in [6.45, 7) is 5.00. The van der Waals surface area contributed by atoms with E-state index >= 15 is 0 Å². The molecule has 0 bridgehead atoms. The molecular formula is C28H35FN4O5. The van der Waals surface area contributed by atoms with E-state index in [9.17, 15) is 18.8 Å². The van der Waals surface area contributed by atoms with Crippen LogP contribution < -0.4 is 15.4 Å². The highest BCUT2D eigenvalue weighted by molar-refractivity contribution is 6.02. The van der Waals surface area contributed by atoms with E-state index in [4.69, 9.17) is 9.47 Å². The zero-order valence-electron chi connectivity index (χ0n) is 22.2. The zero-order valence-corrected chi connectivity index (χ0v) is 22.2. The maximum atomic E-state index is 13.5. The van der Waals surface area contributed by atoms with Crippen LogP contribution in [0.25, 0.3) is 0 Å². The second-order valence-electron chi connectivity index (χ2n) is 10.2. The van der Waals surface area contributed by atoms with Crippen LogP contribution in [0.4, 0.5) is 20.6 Å². The molecule has 0 spiro atoms. The number of fused-ring (bicyclic) bond motifs is 1. The number of carbonyl (C=O) groups is 3. The third-order valence-corrected chi connectivity index (χ3v) is 6.99. The van der Waals surface area contributed by atoms with Gasteiger partial charge in [-0.15, -0.1) is 0 Å². The summed E-state index contributed by atoms with van der Waals surface area (Å²) >= 11 is 0. The van der Waals surface area contributed by atoms with E-state index in [0.717, 1.165) is 12.8 Å². The lowest BCUT2D eigenvalue weighted by Crippen LogP contribution is -2.49. The fourth-order valence-electron chi connectivity index (χ4n) is 4.59. The Morgan fingerprint density at radius 3 is 2.42 bits per heavy atom. The summed E-state index contributed by atoms with van der Waals surface area (Å²) in [5.74, 6) is -0.216. The number of ether oxygens (including phenoxy) is 2. The number of halogens is 1. The Morgan fingerprint density at radius 2 is 1.76 bits per heavy atom. The van der Waals surface area contributed by atoms with Crippen molar-refractivity contribution in [3.8, 4) is 5.75 Å². The smallest absolute Gasteiger partial charge is 0.323 e. The Morgan fingerprint density at radius 1 is 1.05 bits per heavy atom. The number of likely N-dealkylation sites (N-methyl/N-ethyl adjacent to an activating group) is 1. The highest BCUT2D eigenvalue weighted by Crippen LogP contribution is 2.33. The number of nitrogens with zero attached hydrogens (tertiary/aromatic N) is 2. The fraction of sp³-hybridized carbons (Fsp3) is 0.464. The van der Waals surface area contributed by atoms with Gasteiger partial charge in [-0.2, -0.15) is 0 Å². The number of carbonyl (C=O) groups excluding carboxylic acids is 3. The van der Waals surface area contributed by atoms with E-state index in [-0.39, 0.29) is 48.0 Å². The van der Waals surface area contributed by atoms with Gasteiger partial charge in [0, 0.05) is 50.5 Å². The average Bonchev–Trinajstić information content (AvgIpc) is 3.73. The number of nitrogens with one attached hydrogen (secondary N) is 2. The van der Waals surface area contributed by atoms with Crippen LogP contribution in [0, 0.1) is 17.7 Å². The van der Waals surface area contributed by atoms with E-state index in [1.807, 2.05) is 18.7 Å². The largest absolute Gasteiger partial charge is 0.491 e. The Bertz CT molecular complexity index is 1190. The van der Waals surface area contributed by atoms with Crippen LogP contribution in [0.15, 0.2) is 42.5 Å². The van der Waals surface area contributed by atoms with Crippen LogP contribution in [-0.4, -0.2) is 73.6 Å². The van der Waals surface area contributed by atoms with Crippen LogP contribution in [0.1, 0.15) is 37.0 Å². The Kier molecular flexibility index (Phi) is 8.51. The molecule has 2 aliphatic rings. The first-order valence-corrected chi connectivity index (χ1v) is 12.9. The normalized spacial score (nSPS) is 22.4. The molecule has 0 aromatic heterocycles. The van der Waals surface area contributed by atoms with E-state index in [0.29, 0.717) is 30.2 Å². The highest BCUT2D eigenvalue weighted by Gasteiger charge is 2.37. The number of hydrogen-bond acceptors (Lipinski definition) is 5. The molecular weight excluding hydrogens is 491 g/mol. The molecule has 204 valence electrons. The van der Waals surface area contributed by atoms with Gasteiger partial charge < -0.3 is 29.9 Å². The molecule has 2 N–H and O–H groups in total. The molecule has 1 aliphatic heterocycles. The van der Waals surface area contributed by atoms with Gasteiger partial charge in [-0.25, -0.2) is 9.18 Å². The van der Waals surface area contributed by atoms with Crippen molar-refractivity contribution in [2.45, 2.75) is 38.8 Å². The van der Waals surface area contributed by atoms with Crippen LogP contribution >= 0.6 is 0 Å². The second kappa shape index (κ2) is 11.8. The predicted molar refractivity (Wildman–Crippen MR) is 142 cm³/mol. The Labute approximate surface area is 222 Å². The SMILES string of the molecule is CO[C@@H]1CN(C)C(=O)c2cc(NC(=O)Nc3cccc(F)c3)ccc2OC[C@@H](C)N(C(=O)C2CC2)C[C@@H]1C. The minimum absolute atomic E-state index is 0.0150. The van der Waals surface area contributed by atoms with Crippen molar-refractivity contribution in [3.05, 3.63) is 53.8 Å². The van der Waals surface area contributed by atoms with Crippen LogP contribution in [0.5, 0.6) is 5.75 Å². The maximum Gasteiger partial charge on any atom is 0.323 e. The number of hydrogen-bond donors (Lipinski definition) is 2. The van der Waals surface area contributed by atoms with Gasteiger partial charge in [-0.3, -0.25) is 9.59 Å². The minimum Gasteiger partial charge on any atom is -0.491 e. The van der Waals surface area contributed by atoms with Gasteiger partial charge in [0.25, 0.3) is 5.91 Å². The van der Waals surface area contributed by atoms with Gasteiger partial charge >= 0.3 is 6.03 Å². The first kappa shape index (κ1) is 27.4. The summed E-state index contributed by atoms with van der Waals surface area (Å²) in [7, 11) is 3.29. The molecule has 1 saturated carbocycles. The van der Waals surface area contributed by atoms with Gasteiger partial charge in [0.2, 0.25) is 5.91 Å². The molecule has 9 nitrogen and oxygen atoms in total. The number of anilines is 2. The predicted octanol–water partition coefficient (Wildman–Crippen LogP) is 4.21. The summed E-state index contributed by atoms with van der Waals surface area (Å²) in [6.07, 6.45) is 1.54. The molecule has 38 heavy (non-hydrogen) atoms. The summed E-state index contributed by atoms with van der Waals surface area (Å²) in [4.78, 5) is 42.5. The van der Waals surface area contributed by atoms with Gasteiger partial charge in [0.1, 0.15) is 18.2 Å². The zero-order chi connectivity index (χ0) is 27.4. The first-order chi connectivity index (χ1) is 18.2. The number of rotatable bonds is 4. The number of urea groups is 1. The van der Waals surface area contributed by atoms with Crippen molar-refractivity contribution in [1.82, 2.24) is 9.80 Å². The number of benzene rings is 2. The Hall–Kier alpha value is -3.66. The lowest BCUT2D eigenvalue weighted by Gasteiger charge is -2.36. The van der Waals surface area contributed by atoms with E-state index in [1.165, 1.54) is 18.2 Å². The molecule has 4 rings (SSSR count). The van der Waals surface area contributed by atoms with Gasteiger partial charge in [-0.05, 0) is 56.2 Å². The quantitative estimate of drug-likeness (QED) is 0.622. The Balaban J connectivity index is 1.58.